The van der Waals surface area contributed by atoms with Gasteiger partial charge >= 0.3 is 0 Å². The molecule has 3 nitrogen and oxygen atoms in total. The number of hydrogen-bond donors (Lipinski definition) is 0. The van der Waals surface area contributed by atoms with Gasteiger partial charge in [-0.1, -0.05) is 0 Å². The molecule has 0 bridgehead atoms. The normalized spacial score (nSPS) is 35.9. The van der Waals surface area contributed by atoms with Gasteiger partial charge < -0.3 is 4.90 Å². The Kier molecular flexibility index (Phi) is 3.68. The lowest BCUT2D eigenvalue weighted by atomic mass is 9.92. The van der Waals surface area contributed by atoms with Crippen molar-refractivity contribution in [1.29, 1.82) is 0 Å². The highest BCUT2D eigenvalue weighted by atomic mass is 16.2. The minimum Gasteiger partial charge on any atom is -0.336 e. The minimum absolute atomic E-state index is 0.0237. The molecule has 0 aromatic carbocycles. The van der Waals surface area contributed by atoms with E-state index in [-0.39, 0.29) is 17.5 Å². The van der Waals surface area contributed by atoms with Crippen molar-refractivity contribution in [2.75, 3.05) is 7.05 Å². The highest BCUT2D eigenvalue weighted by Gasteiger charge is 2.42. The van der Waals surface area contributed by atoms with Gasteiger partial charge in [0, 0.05) is 30.6 Å². The third-order valence-electron chi connectivity index (χ3n) is 4.53. The summed E-state index contributed by atoms with van der Waals surface area (Å²) >= 11 is 0. The van der Waals surface area contributed by atoms with Crippen molar-refractivity contribution in [2.24, 2.45) is 0 Å². The number of nitrogens with zero attached hydrogens (tertiary/aromatic N) is 2. The van der Waals surface area contributed by atoms with Crippen molar-refractivity contribution in [1.82, 2.24) is 9.80 Å². The van der Waals surface area contributed by atoms with E-state index in [0.717, 1.165) is 6.42 Å². The first kappa shape index (κ1) is 13.5. The third kappa shape index (κ3) is 2.10. The van der Waals surface area contributed by atoms with Crippen LogP contribution in [0.15, 0.2) is 0 Å². The fourth-order valence-electron chi connectivity index (χ4n) is 2.93. The summed E-state index contributed by atoms with van der Waals surface area (Å²) in [5.41, 5.74) is 0.0237. The molecule has 1 heterocycles. The van der Waals surface area contributed by atoms with Crippen LogP contribution in [-0.2, 0) is 4.79 Å². The molecule has 1 amide bonds. The molecule has 94 valence electrons. The molecule has 0 spiro atoms. The summed E-state index contributed by atoms with van der Waals surface area (Å²) in [6.45, 7) is 12.7. The van der Waals surface area contributed by atoms with Crippen LogP contribution < -0.4 is 0 Å². The third-order valence-corrected chi connectivity index (χ3v) is 4.53. The maximum atomic E-state index is 11.8. The molecular weight excluding hydrogens is 200 g/mol. The van der Waals surface area contributed by atoms with Gasteiger partial charge in [-0.05, 0) is 48.1 Å². The summed E-state index contributed by atoms with van der Waals surface area (Å²) < 4.78 is 0. The molecule has 1 saturated heterocycles. The van der Waals surface area contributed by atoms with Crippen LogP contribution in [0.1, 0.15) is 48.0 Å². The van der Waals surface area contributed by atoms with Gasteiger partial charge in [0.2, 0.25) is 5.91 Å². The summed E-state index contributed by atoms with van der Waals surface area (Å²) in [7, 11) is 2.16. The summed E-state index contributed by atoms with van der Waals surface area (Å²) in [6.07, 6.45) is 1.05. The van der Waals surface area contributed by atoms with E-state index in [0.29, 0.717) is 12.1 Å². The van der Waals surface area contributed by atoms with Crippen LogP contribution in [0.3, 0.4) is 0 Å². The molecule has 0 aliphatic carbocycles. The van der Waals surface area contributed by atoms with Crippen LogP contribution in [-0.4, -0.2) is 46.4 Å². The first-order chi connectivity index (χ1) is 7.19. The van der Waals surface area contributed by atoms with E-state index < -0.39 is 0 Å². The lowest BCUT2D eigenvalue weighted by Crippen LogP contribution is -2.57. The van der Waals surface area contributed by atoms with Gasteiger partial charge in [-0.3, -0.25) is 9.69 Å². The zero-order valence-electron chi connectivity index (χ0n) is 11.7. The molecule has 0 aromatic heterocycles. The molecule has 1 rings (SSSR count). The molecular formula is C13H26N2O. The Balaban J connectivity index is 3.11. The summed E-state index contributed by atoms with van der Waals surface area (Å²) in [5, 5.41) is 0. The zero-order chi connectivity index (χ0) is 12.7. The fraction of sp³-hybridized carbons (Fsp3) is 0.923. The van der Waals surface area contributed by atoms with Gasteiger partial charge in [0.05, 0.1) is 0 Å². The van der Waals surface area contributed by atoms with E-state index in [4.69, 9.17) is 0 Å². The van der Waals surface area contributed by atoms with Gasteiger partial charge in [-0.15, -0.1) is 0 Å². The lowest BCUT2D eigenvalue weighted by Gasteiger charge is -2.44. The van der Waals surface area contributed by atoms with Crippen molar-refractivity contribution in [3.05, 3.63) is 0 Å². The molecule has 0 saturated carbocycles. The minimum atomic E-state index is 0.0237. The average Bonchev–Trinajstić information content (AvgIpc) is 2.19. The lowest BCUT2D eigenvalue weighted by molar-refractivity contribution is -0.134. The Morgan fingerprint density at radius 3 is 2.12 bits per heavy atom. The average molecular weight is 226 g/mol. The maximum Gasteiger partial charge on any atom is 0.219 e. The molecule has 0 radical (unpaired) electrons. The van der Waals surface area contributed by atoms with Crippen molar-refractivity contribution >= 4 is 5.91 Å². The van der Waals surface area contributed by atoms with Crippen LogP contribution >= 0.6 is 0 Å². The monoisotopic (exact) mass is 226 g/mol. The van der Waals surface area contributed by atoms with Crippen LogP contribution in [0.2, 0.25) is 0 Å². The Hall–Kier alpha value is -0.570. The summed E-state index contributed by atoms with van der Waals surface area (Å²) in [6, 6.07) is 1.08. The van der Waals surface area contributed by atoms with Crippen LogP contribution in [0.4, 0.5) is 0 Å². The maximum absolute atomic E-state index is 11.8. The molecule has 1 aliphatic rings. The second kappa shape index (κ2) is 4.36. The summed E-state index contributed by atoms with van der Waals surface area (Å²) in [4.78, 5) is 16.2. The topological polar surface area (TPSA) is 23.6 Å². The molecule has 3 heteroatoms. The Morgan fingerprint density at radius 1 is 1.19 bits per heavy atom. The molecule has 1 fully saturated rings. The number of amides is 1. The van der Waals surface area contributed by atoms with Crippen molar-refractivity contribution in [3.63, 3.8) is 0 Å². The van der Waals surface area contributed by atoms with Crippen molar-refractivity contribution in [3.8, 4) is 0 Å². The van der Waals surface area contributed by atoms with Crippen LogP contribution in [0.5, 0.6) is 0 Å². The first-order valence-electron chi connectivity index (χ1n) is 6.21. The highest BCUT2D eigenvalue weighted by molar-refractivity contribution is 5.74. The standard InChI is InChI=1S/C13H26N2O/c1-9-8-10(2)15(12(4)16)11(3)13(5,6)14(9)7/h9-11H,8H2,1-7H3. The molecule has 0 N–H and O–H groups in total. The van der Waals surface area contributed by atoms with Crippen molar-refractivity contribution < 1.29 is 4.79 Å². The molecule has 3 unspecified atom stereocenters. The number of likely N-dealkylation sites (N-methyl/N-ethyl adjacent to an activating group) is 1. The fourth-order valence-corrected chi connectivity index (χ4v) is 2.93. The predicted octanol–water partition coefficient (Wildman–Crippen LogP) is 2.11. The first-order valence-corrected chi connectivity index (χ1v) is 6.21. The van der Waals surface area contributed by atoms with E-state index in [2.05, 4.69) is 46.6 Å². The Labute approximate surface area is 99.8 Å². The Morgan fingerprint density at radius 2 is 1.69 bits per heavy atom. The molecule has 3 atom stereocenters. The van der Waals surface area contributed by atoms with Gasteiger partial charge in [-0.2, -0.15) is 0 Å². The highest BCUT2D eigenvalue weighted by Crippen LogP contribution is 2.31. The molecule has 1 aliphatic heterocycles. The van der Waals surface area contributed by atoms with E-state index in [9.17, 15) is 4.79 Å². The smallest absolute Gasteiger partial charge is 0.219 e. The van der Waals surface area contributed by atoms with Gasteiger partial charge in [0.1, 0.15) is 0 Å². The van der Waals surface area contributed by atoms with Crippen LogP contribution in [0.25, 0.3) is 0 Å². The molecule has 16 heavy (non-hydrogen) atoms. The second-order valence-electron chi connectivity index (χ2n) is 5.80. The van der Waals surface area contributed by atoms with Gasteiger partial charge in [0.15, 0.2) is 0 Å². The number of hydrogen-bond acceptors (Lipinski definition) is 2. The predicted molar refractivity (Wildman–Crippen MR) is 67.4 cm³/mol. The van der Waals surface area contributed by atoms with E-state index in [1.54, 1.807) is 6.92 Å². The largest absolute Gasteiger partial charge is 0.336 e. The van der Waals surface area contributed by atoms with Crippen molar-refractivity contribution in [2.45, 2.75) is 71.6 Å². The quantitative estimate of drug-likeness (QED) is 0.631. The Bertz CT molecular complexity index is 275. The van der Waals surface area contributed by atoms with E-state index in [1.807, 2.05) is 4.90 Å². The molecule has 0 aromatic rings. The zero-order valence-corrected chi connectivity index (χ0v) is 11.7. The van der Waals surface area contributed by atoms with E-state index in [1.165, 1.54) is 0 Å². The number of carbonyl (C=O) groups excluding carboxylic acids is 1. The van der Waals surface area contributed by atoms with E-state index >= 15 is 0 Å². The second-order valence-corrected chi connectivity index (χ2v) is 5.80. The van der Waals surface area contributed by atoms with Crippen LogP contribution in [0, 0.1) is 0 Å². The SMILES string of the molecule is CC(=O)N1C(C)CC(C)N(C)C(C)(C)C1C. The van der Waals surface area contributed by atoms with Gasteiger partial charge in [0.25, 0.3) is 0 Å². The number of carbonyl (C=O) groups is 1. The summed E-state index contributed by atoms with van der Waals surface area (Å²) in [5.74, 6) is 0.190. The van der Waals surface area contributed by atoms with Gasteiger partial charge in [-0.25, -0.2) is 0 Å². The number of rotatable bonds is 0.